The van der Waals surface area contributed by atoms with E-state index < -0.39 is 0 Å². The zero-order valence-electron chi connectivity index (χ0n) is 12.4. The SMILES string of the molecule is CC1CCC(C2CCNCC2c2ccc(Cl)cc2)CC1. The van der Waals surface area contributed by atoms with E-state index in [2.05, 4.69) is 24.4 Å². The molecule has 2 unspecified atom stereocenters. The van der Waals surface area contributed by atoms with Crippen LogP contribution in [-0.2, 0) is 0 Å². The quantitative estimate of drug-likeness (QED) is 0.820. The van der Waals surface area contributed by atoms with Crippen molar-refractivity contribution in [2.45, 2.75) is 44.9 Å². The third-order valence-corrected chi connectivity index (χ3v) is 5.75. The minimum absolute atomic E-state index is 0.680. The summed E-state index contributed by atoms with van der Waals surface area (Å²) in [6, 6.07) is 8.56. The number of halogens is 1. The van der Waals surface area contributed by atoms with Crippen LogP contribution < -0.4 is 5.32 Å². The Kier molecular flexibility index (Phi) is 4.68. The van der Waals surface area contributed by atoms with Crippen LogP contribution in [0.15, 0.2) is 24.3 Å². The van der Waals surface area contributed by atoms with Gasteiger partial charge in [-0.2, -0.15) is 0 Å². The van der Waals surface area contributed by atoms with Gasteiger partial charge in [-0.25, -0.2) is 0 Å². The molecule has 1 saturated heterocycles. The minimum atomic E-state index is 0.680. The van der Waals surface area contributed by atoms with Gasteiger partial charge in [0.2, 0.25) is 0 Å². The number of hydrogen-bond donors (Lipinski definition) is 1. The second-order valence-corrected chi connectivity index (χ2v) is 7.27. The number of benzene rings is 1. The molecule has 1 aromatic carbocycles. The van der Waals surface area contributed by atoms with Crippen molar-refractivity contribution in [2.24, 2.45) is 17.8 Å². The molecule has 1 nitrogen and oxygen atoms in total. The van der Waals surface area contributed by atoms with Crippen molar-refractivity contribution in [3.8, 4) is 0 Å². The highest BCUT2D eigenvalue weighted by atomic mass is 35.5. The third-order valence-electron chi connectivity index (χ3n) is 5.50. The zero-order valence-corrected chi connectivity index (χ0v) is 13.2. The van der Waals surface area contributed by atoms with E-state index in [1.54, 1.807) is 0 Å². The summed E-state index contributed by atoms with van der Waals surface area (Å²) in [5, 5.41) is 4.44. The lowest BCUT2D eigenvalue weighted by Crippen LogP contribution is -2.39. The summed E-state index contributed by atoms with van der Waals surface area (Å²) in [7, 11) is 0. The van der Waals surface area contributed by atoms with Crippen molar-refractivity contribution in [2.75, 3.05) is 13.1 Å². The van der Waals surface area contributed by atoms with Crippen molar-refractivity contribution in [3.05, 3.63) is 34.9 Å². The maximum atomic E-state index is 6.04. The van der Waals surface area contributed by atoms with Gasteiger partial charge in [-0.1, -0.05) is 43.5 Å². The van der Waals surface area contributed by atoms with Gasteiger partial charge in [0.1, 0.15) is 0 Å². The van der Waals surface area contributed by atoms with Gasteiger partial charge in [0, 0.05) is 11.6 Å². The van der Waals surface area contributed by atoms with E-state index in [-0.39, 0.29) is 0 Å². The number of rotatable bonds is 2. The minimum Gasteiger partial charge on any atom is -0.316 e. The van der Waals surface area contributed by atoms with Crippen molar-refractivity contribution >= 4 is 11.6 Å². The number of hydrogen-bond acceptors (Lipinski definition) is 1. The Labute approximate surface area is 128 Å². The standard InChI is InChI=1S/C18H26ClN/c1-13-2-4-14(5-3-13)17-10-11-20-12-18(17)15-6-8-16(19)9-7-15/h6-9,13-14,17-18,20H,2-5,10-12H2,1H3. The average molecular weight is 292 g/mol. The lowest BCUT2D eigenvalue weighted by molar-refractivity contribution is 0.158. The Bertz CT molecular complexity index is 420. The second-order valence-electron chi connectivity index (χ2n) is 6.83. The van der Waals surface area contributed by atoms with Crippen molar-refractivity contribution < 1.29 is 0 Å². The lowest BCUT2D eigenvalue weighted by Gasteiger charge is -2.40. The summed E-state index contributed by atoms with van der Waals surface area (Å²) < 4.78 is 0. The first kappa shape index (κ1) is 14.4. The molecule has 2 heteroatoms. The van der Waals surface area contributed by atoms with E-state index in [1.165, 1.54) is 44.2 Å². The van der Waals surface area contributed by atoms with Gasteiger partial charge in [-0.05, 0) is 67.2 Å². The van der Waals surface area contributed by atoms with Gasteiger partial charge in [0.25, 0.3) is 0 Å². The molecular formula is C18H26ClN. The van der Waals surface area contributed by atoms with Gasteiger partial charge in [-0.15, -0.1) is 0 Å². The Balaban J connectivity index is 1.75. The molecule has 0 aromatic heterocycles. The highest BCUT2D eigenvalue weighted by Crippen LogP contribution is 2.42. The molecule has 0 bridgehead atoms. The topological polar surface area (TPSA) is 12.0 Å². The molecule has 1 aromatic rings. The van der Waals surface area contributed by atoms with Crippen LogP contribution in [0.3, 0.4) is 0 Å². The normalized spacial score (nSPS) is 34.9. The van der Waals surface area contributed by atoms with Crippen LogP contribution >= 0.6 is 11.6 Å². The molecule has 1 saturated carbocycles. The molecule has 110 valence electrons. The molecule has 0 spiro atoms. The van der Waals surface area contributed by atoms with E-state index in [0.29, 0.717) is 5.92 Å². The fourth-order valence-electron chi connectivity index (χ4n) is 4.23. The second kappa shape index (κ2) is 6.49. The fraction of sp³-hybridized carbons (Fsp3) is 0.667. The summed E-state index contributed by atoms with van der Waals surface area (Å²) >= 11 is 6.04. The molecule has 0 amide bonds. The van der Waals surface area contributed by atoms with E-state index in [1.807, 2.05) is 12.1 Å². The molecule has 1 aliphatic heterocycles. The Morgan fingerprint density at radius 2 is 1.70 bits per heavy atom. The summed E-state index contributed by atoms with van der Waals surface area (Å²) in [6.45, 7) is 4.74. The van der Waals surface area contributed by atoms with E-state index >= 15 is 0 Å². The molecule has 0 radical (unpaired) electrons. The van der Waals surface area contributed by atoms with E-state index in [4.69, 9.17) is 11.6 Å². The molecular weight excluding hydrogens is 266 g/mol. The molecule has 20 heavy (non-hydrogen) atoms. The van der Waals surface area contributed by atoms with Gasteiger partial charge in [-0.3, -0.25) is 0 Å². The molecule has 2 fully saturated rings. The van der Waals surface area contributed by atoms with Crippen LogP contribution in [0.25, 0.3) is 0 Å². The van der Waals surface area contributed by atoms with E-state index in [9.17, 15) is 0 Å². The maximum absolute atomic E-state index is 6.04. The summed E-state index contributed by atoms with van der Waals surface area (Å²) in [6.07, 6.45) is 7.09. The molecule has 1 N–H and O–H groups in total. The molecule has 1 aliphatic carbocycles. The first-order chi connectivity index (χ1) is 9.74. The highest BCUT2D eigenvalue weighted by Gasteiger charge is 2.34. The molecule has 2 aliphatic rings. The zero-order chi connectivity index (χ0) is 13.9. The summed E-state index contributed by atoms with van der Waals surface area (Å²) in [5.74, 6) is 3.43. The maximum Gasteiger partial charge on any atom is 0.0406 e. The lowest BCUT2D eigenvalue weighted by atomic mass is 9.68. The first-order valence-electron chi connectivity index (χ1n) is 8.20. The average Bonchev–Trinajstić information content (AvgIpc) is 2.49. The Morgan fingerprint density at radius 3 is 2.40 bits per heavy atom. The van der Waals surface area contributed by atoms with Crippen molar-refractivity contribution in [3.63, 3.8) is 0 Å². The smallest absolute Gasteiger partial charge is 0.0406 e. The monoisotopic (exact) mass is 291 g/mol. The summed E-state index contributed by atoms with van der Waals surface area (Å²) in [5.41, 5.74) is 1.48. The Hall–Kier alpha value is -0.530. The van der Waals surface area contributed by atoms with Crippen LogP contribution in [0.1, 0.15) is 50.5 Å². The highest BCUT2D eigenvalue weighted by molar-refractivity contribution is 6.30. The first-order valence-corrected chi connectivity index (χ1v) is 8.58. The molecule has 2 atom stereocenters. The van der Waals surface area contributed by atoms with Crippen molar-refractivity contribution in [1.29, 1.82) is 0 Å². The number of piperidine rings is 1. The van der Waals surface area contributed by atoms with Gasteiger partial charge in [0.15, 0.2) is 0 Å². The van der Waals surface area contributed by atoms with E-state index in [0.717, 1.165) is 29.3 Å². The predicted octanol–water partition coefficient (Wildman–Crippen LogP) is 4.86. The van der Waals surface area contributed by atoms with Crippen LogP contribution in [0.5, 0.6) is 0 Å². The van der Waals surface area contributed by atoms with Gasteiger partial charge in [0.05, 0.1) is 0 Å². The Morgan fingerprint density at radius 1 is 1.00 bits per heavy atom. The van der Waals surface area contributed by atoms with Crippen LogP contribution in [-0.4, -0.2) is 13.1 Å². The molecule has 3 rings (SSSR count). The molecule has 1 heterocycles. The van der Waals surface area contributed by atoms with Crippen molar-refractivity contribution in [1.82, 2.24) is 5.32 Å². The predicted molar refractivity (Wildman–Crippen MR) is 86.3 cm³/mol. The van der Waals surface area contributed by atoms with Crippen LogP contribution in [0.2, 0.25) is 5.02 Å². The number of nitrogens with one attached hydrogen (secondary N) is 1. The van der Waals surface area contributed by atoms with Gasteiger partial charge < -0.3 is 5.32 Å². The largest absolute Gasteiger partial charge is 0.316 e. The van der Waals surface area contributed by atoms with Crippen LogP contribution in [0.4, 0.5) is 0 Å². The third kappa shape index (κ3) is 3.20. The summed E-state index contributed by atoms with van der Waals surface area (Å²) in [4.78, 5) is 0. The van der Waals surface area contributed by atoms with Crippen LogP contribution in [0, 0.1) is 17.8 Å². The van der Waals surface area contributed by atoms with Gasteiger partial charge >= 0.3 is 0 Å². The fourth-order valence-corrected chi connectivity index (χ4v) is 4.36.